The van der Waals surface area contributed by atoms with Crippen molar-refractivity contribution in [2.75, 3.05) is 7.11 Å². The Morgan fingerprint density at radius 3 is 2.39 bits per heavy atom. The third kappa shape index (κ3) is 5.55. The number of aromatic carboxylic acids is 1. The average molecular weight is 540 g/mol. The topological polar surface area (TPSA) is 103 Å². The molecule has 0 aliphatic heterocycles. The van der Waals surface area contributed by atoms with Crippen molar-refractivity contribution in [1.29, 1.82) is 0 Å². The van der Waals surface area contributed by atoms with E-state index in [9.17, 15) is 19.2 Å². The minimum atomic E-state index is -1.06. The van der Waals surface area contributed by atoms with Crippen LogP contribution in [0.25, 0.3) is 11.1 Å². The molecule has 1 aliphatic rings. The molecule has 0 spiro atoms. The summed E-state index contributed by atoms with van der Waals surface area (Å²) in [5.41, 5.74) is 0.177. The van der Waals surface area contributed by atoms with Gasteiger partial charge in [0.25, 0.3) is 5.56 Å². The second-order valence-corrected chi connectivity index (χ2v) is 9.94. The fourth-order valence-electron chi connectivity index (χ4n) is 4.77. The van der Waals surface area contributed by atoms with Gasteiger partial charge in [0.1, 0.15) is 11.6 Å². The second kappa shape index (κ2) is 11.3. The number of carboxylic acid groups (broad SMARTS) is 1. The number of carbonyl (C=O) groups is 3. The molecular weight excluding hydrogens is 513 g/mol. The molecule has 1 fully saturated rings. The molecule has 1 heterocycles. The van der Waals surface area contributed by atoms with Gasteiger partial charge in [0.05, 0.1) is 29.9 Å². The largest absolute Gasteiger partial charge is 0.495 e. The molecule has 9 heteroatoms. The fourth-order valence-corrected chi connectivity index (χ4v) is 4.92. The van der Waals surface area contributed by atoms with Crippen LogP contribution in [0, 0.1) is 11.7 Å². The number of hydrogen-bond acceptors (Lipinski definition) is 5. The summed E-state index contributed by atoms with van der Waals surface area (Å²) in [5.74, 6) is -2.13. The number of carboxylic acids is 1. The first kappa shape index (κ1) is 27.3. The zero-order chi connectivity index (χ0) is 27.6. The van der Waals surface area contributed by atoms with E-state index in [1.54, 1.807) is 12.1 Å². The first-order valence-electron chi connectivity index (χ1n) is 12.2. The number of benzene rings is 2. The van der Waals surface area contributed by atoms with Crippen molar-refractivity contribution in [1.82, 2.24) is 4.57 Å². The number of ketones is 2. The summed E-state index contributed by atoms with van der Waals surface area (Å²) >= 11 is 6.00. The maximum Gasteiger partial charge on any atom is 0.335 e. The van der Waals surface area contributed by atoms with Crippen LogP contribution in [0.2, 0.25) is 5.02 Å². The lowest BCUT2D eigenvalue weighted by molar-refractivity contribution is -0.122. The molecule has 1 aliphatic carbocycles. The molecule has 0 bridgehead atoms. The van der Waals surface area contributed by atoms with Crippen molar-refractivity contribution in [3.63, 3.8) is 0 Å². The van der Waals surface area contributed by atoms with Crippen LogP contribution < -0.4 is 10.3 Å². The number of carbonyl (C=O) groups excluding carboxylic acids is 2. The number of halogens is 2. The molecule has 2 aromatic carbocycles. The molecule has 4 rings (SSSR count). The molecule has 1 aromatic heterocycles. The van der Waals surface area contributed by atoms with E-state index in [1.807, 2.05) is 0 Å². The number of hydrogen-bond donors (Lipinski definition) is 1. The van der Waals surface area contributed by atoms with Gasteiger partial charge in [0.2, 0.25) is 0 Å². The molecule has 1 saturated carbocycles. The predicted molar refractivity (Wildman–Crippen MR) is 141 cm³/mol. The second-order valence-electron chi connectivity index (χ2n) is 9.53. The molecule has 0 saturated heterocycles. The summed E-state index contributed by atoms with van der Waals surface area (Å²) in [5, 5.41) is 8.92. The molecule has 1 atom stereocenters. The highest BCUT2D eigenvalue weighted by Gasteiger charge is 2.30. The standard InChI is InChI=1S/C29H27ClFNO6/c1-16(33)20-10-11-22(30)28(31)27(20)21-14-26(35)32(15-25(21)38-2)23(12-17-4-3-5-17)24(34)13-18-6-8-19(9-7-18)29(36)37/h6-11,14-15,17,23H,3-5,12-13H2,1-2H3,(H,36,37)/t23-/m0/s1. The zero-order valence-corrected chi connectivity index (χ0v) is 21.8. The van der Waals surface area contributed by atoms with Crippen molar-refractivity contribution in [3.8, 4) is 16.9 Å². The minimum absolute atomic E-state index is 0.00516. The molecule has 0 radical (unpaired) electrons. The predicted octanol–water partition coefficient (Wildman–Crippen LogP) is 5.76. The number of rotatable bonds is 10. The van der Waals surface area contributed by atoms with Crippen LogP contribution in [-0.4, -0.2) is 34.3 Å². The van der Waals surface area contributed by atoms with Gasteiger partial charge in [-0.3, -0.25) is 14.4 Å². The summed E-state index contributed by atoms with van der Waals surface area (Å²) in [6.45, 7) is 1.29. The van der Waals surface area contributed by atoms with Gasteiger partial charge in [-0.05, 0) is 49.1 Å². The van der Waals surface area contributed by atoms with Crippen molar-refractivity contribution >= 4 is 29.1 Å². The van der Waals surface area contributed by atoms with Crippen molar-refractivity contribution in [2.45, 2.75) is 45.1 Å². The van der Waals surface area contributed by atoms with Gasteiger partial charge in [-0.2, -0.15) is 0 Å². The lowest BCUT2D eigenvalue weighted by atomic mass is 9.79. The SMILES string of the molecule is COc1cn([C@@H](CC2CCC2)C(=O)Cc2ccc(C(=O)O)cc2)c(=O)cc1-c1c(C(C)=O)ccc(Cl)c1F. The number of Topliss-reactive ketones (excluding diaryl/α,β-unsaturated/α-hetero) is 2. The highest BCUT2D eigenvalue weighted by Crippen LogP contribution is 2.38. The number of aromatic nitrogens is 1. The first-order chi connectivity index (χ1) is 18.1. The normalized spacial score (nSPS) is 14.0. The Bertz CT molecular complexity index is 1460. The van der Waals surface area contributed by atoms with Crippen LogP contribution in [0.1, 0.15) is 64.9 Å². The molecule has 0 unspecified atom stereocenters. The quantitative estimate of drug-likeness (QED) is 0.329. The molecule has 7 nitrogen and oxygen atoms in total. The van der Waals surface area contributed by atoms with E-state index < -0.39 is 29.2 Å². The van der Waals surface area contributed by atoms with E-state index in [-0.39, 0.29) is 51.1 Å². The van der Waals surface area contributed by atoms with Crippen LogP contribution in [-0.2, 0) is 11.2 Å². The van der Waals surface area contributed by atoms with Crippen LogP contribution in [0.15, 0.2) is 53.5 Å². The highest BCUT2D eigenvalue weighted by atomic mass is 35.5. The maximum atomic E-state index is 15.2. The number of pyridine rings is 1. The van der Waals surface area contributed by atoms with Crippen LogP contribution in [0.3, 0.4) is 0 Å². The maximum absolute atomic E-state index is 15.2. The van der Waals surface area contributed by atoms with E-state index in [0.29, 0.717) is 12.0 Å². The lowest BCUT2D eigenvalue weighted by Crippen LogP contribution is -2.33. The summed E-state index contributed by atoms with van der Waals surface area (Å²) in [6.07, 6.45) is 4.81. The van der Waals surface area contributed by atoms with Gasteiger partial charge in [0, 0.05) is 29.2 Å². The van der Waals surface area contributed by atoms with Crippen LogP contribution in [0.5, 0.6) is 5.75 Å². The molecule has 0 amide bonds. The van der Waals surface area contributed by atoms with E-state index in [1.165, 1.54) is 55.1 Å². The highest BCUT2D eigenvalue weighted by molar-refractivity contribution is 6.31. The first-order valence-corrected chi connectivity index (χ1v) is 12.6. The number of methoxy groups -OCH3 is 1. The van der Waals surface area contributed by atoms with Crippen molar-refractivity contribution in [2.24, 2.45) is 5.92 Å². The van der Waals surface area contributed by atoms with E-state index >= 15 is 4.39 Å². The molecule has 3 aromatic rings. The van der Waals surface area contributed by atoms with E-state index in [0.717, 1.165) is 19.3 Å². The van der Waals surface area contributed by atoms with Crippen LogP contribution in [0.4, 0.5) is 4.39 Å². The van der Waals surface area contributed by atoms with Gasteiger partial charge in [-0.25, -0.2) is 9.18 Å². The fraction of sp³-hybridized carbons (Fsp3) is 0.310. The summed E-state index contributed by atoms with van der Waals surface area (Å²) in [4.78, 5) is 50.3. The van der Waals surface area contributed by atoms with Crippen LogP contribution >= 0.6 is 11.6 Å². The van der Waals surface area contributed by atoms with Crippen molar-refractivity contribution < 1.29 is 28.6 Å². The number of nitrogens with zero attached hydrogens (tertiary/aromatic N) is 1. The Morgan fingerprint density at radius 2 is 1.84 bits per heavy atom. The third-order valence-corrected chi connectivity index (χ3v) is 7.37. The lowest BCUT2D eigenvalue weighted by Gasteiger charge is -2.30. The Hall–Kier alpha value is -3.78. The van der Waals surface area contributed by atoms with Gasteiger partial charge in [-0.1, -0.05) is 43.0 Å². The monoisotopic (exact) mass is 539 g/mol. The minimum Gasteiger partial charge on any atom is -0.495 e. The molecule has 1 N–H and O–H groups in total. The summed E-state index contributed by atoms with van der Waals surface area (Å²) in [6, 6.07) is 9.07. The summed E-state index contributed by atoms with van der Waals surface area (Å²) < 4.78 is 22.0. The molecular formula is C29H27ClFNO6. The zero-order valence-electron chi connectivity index (χ0n) is 21.0. The Balaban J connectivity index is 1.77. The van der Waals surface area contributed by atoms with Crippen molar-refractivity contribution in [3.05, 3.63) is 86.5 Å². The van der Waals surface area contributed by atoms with Gasteiger partial charge < -0.3 is 14.4 Å². The Morgan fingerprint density at radius 1 is 1.16 bits per heavy atom. The number of ether oxygens (including phenoxy) is 1. The molecule has 198 valence electrons. The average Bonchev–Trinajstić information content (AvgIpc) is 2.85. The van der Waals surface area contributed by atoms with Gasteiger partial charge in [-0.15, -0.1) is 0 Å². The Labute approximate surface area is 223 Å². The Kier molecular flexibility index (Phi) is 8.11. The summed E-state index contributed by atoms with van der Waals surface area (Å²) in [7, 11) is 1.36. The van der Waals surface area contributed by atoms with Gasteiger partial charge >= 0.3 is 5.97 Å². The molecule has 38 heavy (non-hydrogen) atoms. The van der Waals surface area contributed by atoms with E-state index in [2.05, 4.69) is 0 Å². The van der Waals surface area contributed by atoms with Gasteiger partial charge in [0.15, 0.2) is 11.6 Å². The smallest absolute Gasteiger partial charge is 0.335 e. The van der Waals surface area contributed by atoms with E-state index in [4.69, 9.17) is 21.4 Å². The third-order valence-electron chi connectivity index (χ3n) is 7.08.